The number of H-pyrrole nitrogens is 1. The Morgan fingerprint density at radius 3 is 2.04 bits per heavy atom. The maximum Gasteiger partial charge on any atom is 0.273 e. The molecule has 4 heteroatoms. The molecule has 25 heavy (non-hydrogen) atoms. The Hall–Kier alpha value is -1.58. The Balaban J connectivity index is 1.86. The van der Waals surface area contributed by atoms with Gasteiger partial charge >= 0.3 is 0 Å². The van der Waals surface area contributed by atoms with E-state index in [0.717, 1.165) is 23.9 Å². The predicted octanol–water partition coefficient (Wildman–Crippen LogP) is 5.85. The monoisotopic (exact) mass is 348 g/mol. The molecule has 0 bridgehead atoms. The van der Waals surface area contributed by atoms with E-state index in [1.54, 1.807) is 0 Å². The van der Waals surface area contributed by atoms with Crippen LogP contribution in [0.3, 0.4) is 0 Å². The predicted molar refractivity (Wildman–Crippen MR) is 105 cm³/mol. The van der Waals surface area contributed by atoms with Crippen LogP contribution in [0.5, 0.6) is 0 Å². The summed E-state index contributed by atoms with van der Waals surface area (Å²) in [6.07, 6.45) is 22.7. The minimum Gasteiger partial charge on any atom is -0.296 e. The summed E-state index contributed by atoms with van der Waals surface area (Å²) in [5, 5.41) is 2.65. The molecule has 1 aromatic heterocycles. The van der Waals surface area contributed by atoms with E-state index in [0.29, 0.717) is 6.42 Å². The van der Waals surface area contributed by atoms with Crippen molar-refractivity contribution in [2.45, 2.75) is 96.8 Å². The van der Waals surface area contributed by atoms with Crippen LogP contribution in [0.25, 0.3) is 0 Å². The van der Waals surface area contributed by atoms with Crippen LogP contribution >= 0.6 is 0 Å². The zero-order chi connectivity index (χ0) is 18.2. The summed E-state index contributed by atoms with van der Waals surface area (Å²) < 4.78 is 1.09. The van der Waals surface area contributed by atoms with Gasteiger partial charge in [0.15, 0.2) is 0 Å². The van der Waals surface area contributed by atoms with Gasteiger partial charge in [-0.2, -0.15) is 4.68 Å². The molecule has 1 aromatic rings. The van der Waals surface area contributed by atoms with Crippen molar-refractivity contribution in [3.05, 3.63) is 34.8 Å². The number of aromatic amines is 1. The highest BCUT2D eigenvalue weighted by Gasteiger charge is 2.06. The quantitative estimate of drug-likeness (QED) is 0.319. The number of aromatic nitrogens is 2. The van der Waals surface area contributed by atoms with Gasteiger partial charge in [0.05, 0.1) is 0 Å². The Bertz CT molecular complexity index is 528. The van der Waals surface area contributed by atoms with Crippen LogP contribution in [0.4, 0.5) is 0 Å². The summed E-state index contributed by atoms with van der Waals surface area (Å²) in [5.41, 5.74) is -0.266. The first-order valence-electron chi connectivity index (χ1n) is 10.2. The van der Waals surface area contributed by atoms with Gasteiger partial charge in [0.2, 0.25) is 5.91 Å². The molecule has 0 spiro atoms. The van der Waals surface area contributed by atoms with Gasteiger partial charge in [-0.25, -0.2) is 0 Å². The summed E-state index contributed by atoms with van der Waals surface area (Å²) in [4.78, 5) is 23.1. The highest BCUT2D eigenvalue weighted by molar-refractivity contribution is 5.77. The first kappa shape index (κ1) is 21.5. The summed E-state index contributed by atoms with van der Waals surface area (Å²) >= 11 is 0. The van der Waals surface area contributed by atoms with Crippen LogP contribution < -0.4 is 5.56 Å². The SMILES string of the molecule is CCCCCCCC/C=C\CCCCCCCC(=O)n1[nH]ccc1=O. The van der Waals surface area contributed by atoms with Crippen molar-refractivity contribution in [1.82, 2.24) is 9.78 Å². The molecule has 0 saturated carbocycles. The van der Waals surface area contributed by atoms with E-state index in [1.807, 2.05) is 0 Å². The molecule has 0 aliphatic heterocycles. The van der Waals surface area contributed by atoms with E-state index in [1.165, 1.54) is 76.5 Å². The fraction of sp³-hybridized carbons (Fsp3) is 0.714. The summed E-state index contributed by atoms with van der Waals surface area (Å²) in [7, 11) is 0. The van der Waals surface area contributed by atoms with Crippen LogP contribution in [-0.4, -0.2) is 15.7 Å². The van der Waals surface area contributed by atoms with Crippen molar-refractivity contribution in [2.75, 3.05) is 0 Å². The molecule has 1 heterocycles. The second-order valence-electron chi connectivity index (χ2n) is 6.86. The van der Waals surface area contributed by atoms with E-state index in [4.69, 9.17) is 0 Å². The number of hydrogen-bond acceptors (Lipinski definition) is 2. The van der Waals surface area contributed by atoms with Crippen molar-refractivity contribution < 1.29 is 4.79 Å². The van der Waals surface area contributed by atoms with Gasteiger partial charge in [-0.15, -0.1) is 0 Å². The second kappa shape index (κ2) is 14.7. The van der Waals surface area contributed by atoms with E-state index < -0.39 is 0 Å². The van der Waals surface area contributed by atoms with Gasteiger partial charge in [-0.1, -0.05) is 70.4 Å². The van der Waals surface area contributed by atoms with E-state index >= 15 is 0 Å². The summed E-state index contributed by atoms with van der Waals surface area (Å²) in [5.74, 6) is -0.132. The topological polar surface area (TPSA) is 54.9 Å². The van der Waals surface area contributed by atoms with Crippen LogP contribution in [0, 0.1) is 0 Å². The molecule has 1 rings (SSSR count). The van der Waals surface area contributed by atoms with E-state index in [2.05, 4.69) is 24.2 Å². The van der Waals surface area contributed by atoms with Crippen LogP contribution in [0.15, 0.2) is 29.2 Å². The summed E-state index contributed by atoms with van der Waals surface area (Å²) in [6.45, 7) is 2.26. The van der Waals surface area contributed by atoms with Gasteiger partial charge in [0, 0.05) is 18.7 Å². The number of nitrogens with one attached hydrogen (secondary N) is 1. The maximum absolute atomic E-state index is 11.8. The number of carbonyl (C=O) groups excluding carboxylic acids is 1. The van der Waals surface area contributed by atoms with Gasteiger partial charge in [0.1, 0.15) is 0 Å². The Morgan fingerprint density at radius 1 is 0.920 bits per heavy atom. The molecule has 0 amide bonds. The Morgan fingerprint density at radius 2 is 1.48 bits per heavy atom. The highest BCUT2D eigenvalue weighted by atomic mass is 16.2. The average Bonchev–Trinajstić information content (AvgIpc) is 3.04. The molecule has 0 aromatic carbocycles. The molecule has 0 fully saturated rings. The second-order valence-corrected chi connectivity index (χ2v) is 6.86. The number of nitrogens with zero attached hydrogens (tertiary/aromatic N) is 1. The van der Waals surface area contributed by atoms with Gasteiger partial charge in [0.25, 0.3) is 5.56 Å². The summed E-state index contributed by atoms with van der Waals surface area (Å²) in [6, 6.07) is 1.37. The lowest BCUT2D eigenvalue weighted by atomic mass is 10.1. The third kappa shape index (κ3) is 10.8. The molecular formula is C21H36N2O2. The first-order valence-corrected chi connectivity index (χ1v) is 10.2. The molecule has 142 valence electrons. The maximum atomic E-state index is 11.8. The molecule has 1 N–H and O–H groups in total. The fourth-order valence-corrected chi connectivity index (χ4v) is 2.97. The average molecular weight is 349 g/mol. The number of allylic oxidation sites excluding steroid dienone is 2. The third-order valence-corrected chi connectivity index (χ3v) is 4.55. The first-order chi connectivity index (χ1) is 12.3. The lowest BCUT2D eigenvalue weighted by Gasteiger charge is -2.01. The molecule has 0 saturated heterocycles. The number of hydrogen-bond donors (Lipinski definition) is 1. The van der Waals surface area contributed by atoms with Crippen molar-refractivity contribution in [3.63, 3.8) is 0 Å². The van der Waals surface area contributed by atoms with Crippen molar-refractivity contribution >= 4 is 5.91 Å². The minimum atomic E-state index is -0.266. The normalized spacial score (nSPS) is 11.4. The molecule has 0 unspecified atom stereocenters. The Kier molecular flexibility index (Phi) is 12.7. The van der Waals surface area contributed by atoms with Crippen molar-refractivity contribution in [3.8, 4) is 0 Å². The largest absolute Gasteiger partial charge is 0.296 e. The van der Waals surface area contributed by atoms with E-state index in [-0.39, 0.29) is 11.5 Å². The van der Waals surface area contributed by atoms with Crippen LogP contribution in [0.1, 0.15) is 102 Å². The van der Waals surface area contributed by atoms with Crippen molar-refractivity contribution in [2.24, 2.45) is 0 Å². The lowest BCUT2D eigenvalue weighted by molar-refractivity contribution is 0.0879. The Labute approximate surface area is 152 Å². The van der Waals surface area contributed by atoms with Gasteiger partial charge < -0.3 is 0 Å². The molecule has 0 aliphatic rings. The lowest BCUT2D eigenvalue weighted by Crippen LogP contribution is -2.23. The van der Waals surface area contributed by atoms with Crippen LogP contribution in [0.2, 0.25) is 0 Å². The zero-order valence-electron chi connectivity index (χ0n) is 16.0. The van der Waals surface area contributed by atoms with Gasteiger partial charge in [-0.3, -0.25) is 14.7 Å². The van der Waals surface area contributed by atoms with Crippen molar-refractivity contribution in [1.29, 1.82) is 0 Å². The smallest absolute Gasteiger partial charge is 0.273 e. The fourth-order valence-electron chi connectivity index (χ4n) is 2.97. The molecular weight excluding hydrogens is 312 g/mol. The van der Waals surface area contributed by atoms with E-state index in [9.17, 15) is 9.59 Å². The zero-order valence-corrected chi connectivity index (χ0v) is 16.0. The number of unbranched alkanes of at least 4 members (excludes halogenated alkanes) is 11. The minimum absolute atomic E-state index is 0.132. The molecule has 0 aliphatic carbocycles. The highest BCUT2D eigenvalue weighted by Crippen LogP contribution is 2.10. The van der Waals surface area contributed by atoms with Crippen LogP contribution in [-0.2, 0) is 0 Å². The number of rotatable bonds is 15. The molecule has 0 radical (unpaired) electrons. The molecule has 0 atom stereocenters. The van der Waals surface area contributed by atoms with Gasteiger partial charge in [-0.05, 0) is 32.1 Å². The molecule has 4 nitrogen and oxygen atoms in total. The standard InChI is InChI=1S/C21H36N2O2/c1-2-3-4-5-6-7-8-9-10-11-12-13-14-15-16-17-20(24)23-21(25)18-19-22-23/h9-10,18-19,22H,2-8,11-17H2,1H3/b10-9-. The third-order valence-electron chi connectivity index (χ3n) is 4.55. The number of carbonyl (C=O) groups is 1.